The summed E-state index contributed by atoms with van der Waals surface area (Å²) in [5.41, 5.74) is 1.48. The molecule has 4 rings (SSSR count). The molecule has 8 heteroatoms. The van der Waals surface area contributed by atoms with Crippen LogP contribution in [0.2, 0.25) is 0 Å². The second kappa shape index (κ2) is 9.60. The van der Waals surface area contributed by atoms with E-state index in [9.17, 15) is 23.2 Å². The van der Waals surface area contributed by atoms with Crippen LogP contribution in [0.15, 0.2) is 30.3 Å². The van der Waals surface area contributed by atoms with Gasteiger partial charge in [-0.3, -0.25) is 9.69 Å². The van der Waals surface area contributed by atoms with Crippen LogP contribution in [0.5, 0.6) is 5.75 Å². The van der Waals surface area contributed by atoms with Crippen LogP contribution in [0, 0.1) is 23.2 Å². The van der Waals surface area contributed by atoms with Crippen molar-refractivity contribution in [2.45, 2.75) is 57.3 Å². The summed E-state index contributed by atoms with van der Waals surface area (Å²) in [6.07, 6.45) is -2.43. The predicted octanol–water partition coefficient (Wildman–Crippen LogP) is 5.51. The third-order valence-corrected chi connectivity index (χ3v) is 6.93. The molecular weight excluding hydrogens is 433 g/mol. The molecule has 2 aromatic rings. The molecule has 1 N–H and O–H groups in total. The van der Waals surface area contributed by atoms with Crippen LogP contribution < -0.4 is 4.74 Å². The number of alkyl halides is 3. The minimum Gasteiger partial charge on any atom is -0.489 e. The summed E-state index contributed by atoms with van der Waals surface area (Å²) in [6.45, 7) is 2.19. The Labute approximate surface area is 190 Å². The Hall–Kier alpha value is -2.79. The molecule has 176 valence electrons. The van der Waals surface area contributed by atoms with E-state index in [-0.39, 0.29) is 24.9 Å². The molecule has 2 aromatic carbocycles. The highest BCUT2D eigenvalue weighted by Crippen LogP contribution is 2.39. The number of rotatable bonds is 5. The largest absolute Gasteiger partial charge is 0.489 e. The number of likely N-dealkylation sites (tertiary alicyclic amines) is 1. The molecule has 2 aliphatic rings. The Balaban J connectivity index is 1.43. The van der Waals surface area contributed by atoms with Crippen molar-refractivity contribution in [3.8, 4) is 11.8 Å². The lowest BCUT2D eigenvalue weighted by molar-refractivity contribution is -0.185. The SMILES string of the molecule is N#Cc1c(OC2CCC(C(F)(F)F)CC2)ccc2cc(CN3CCC(C(=O)O)CC3)ccc12. The van der Waals surface area contributed by atoms with Gasteiger partial charge in [-0.1, -0.05) is 18.2 Å². The summed E-state index contributed by atoms with van der Waals surface area (Å²) in [6, 6.07) is 11.7. The first-order valence-corrected chi connectivity index (χ1v) is 11.4. The Morgan fingerprint density at radius 2 is 1.79 bits per heavy atom. The zero-order valence-electron chi connectivity index (χ0n) is 18.3. The fraction of sp³-hybridized carbons (Fsp3) is 0.520. The molecule has 1 saturated carbocycles. The second-order valence-electron chi connectivity index (χ2n) is 9.13. The van der Waals surface area contributed by atoms with E-state index in [0.29, 0.717) is 43.5 Å². The van der Waals surface area contributed by atoms with E-state index < -0.39 is 18.1 Å². The number of carboxylic acid groups (broad SMARTS) is 1. The molecule has 1 aliphatic carbocycles. The van der Waals surface area contributed by atoms with E-state index >= 15 is 0 Å². The number of hydrogen-bond donors (Lipinski definition) is 1. The van der Waals surface area contributed by atoms with Gasteiger partial charge in [0, 0.05) is 11.9 Å². The maximum atomic E-state index is 12.9. The van der Waals surface area contributed by atoms with E-state index in [2.05, 4.69) is 11.0 Å². The number of aliphatic carboxylic acids is 1. The molecule has 0 unspecified atom stereocenters. The lowest BCUT2D eigenvalue weighted by atomic mass is 9.87. The Kier molecular flexibility index (Phi) is 6.80. The van der Waals surface area contributed by atoms with Crippen molar-refractivity contribution in [2.24, 2.45) is 11.8 Å². The Morgan fingerprint density at radius 3 is 2.39 bits per heavy atom. The monoisotopic (exact) mass is 460 g/mol. The van der Waals surface area contributed by atoms with Gasteiger partial charge in [-0.05, 0) is 74.7 Å². The number of fused-ring (bicyclic) bond motifs is 1. The molecule has 0 spiro atoms. The highest BCUT2D eigenvalue weighted by Gasteiger charge is 2.41. The maximum absolute atomic E-state index is 12.9. The minimum absolute atomic E-state index is 0.0523. The highest BCUT2D eigenvalue weighted by atomic mass is 19.4. The van der Waals surface area contributed by atoms with Gasteiger partial charge in [-0.25, -0.2) is 0 Å². The standard InChI is InChI=1S/C25H27F3N2O3/c26-25(27,28)19-3-5-20(6-4-19)33-23-8-2-18-13-16(1-7-21(18)22(23)14-29)15-30-11-9-17(10-12-30)24(31)32/h1-2,7-8,13,17,19-20H,3-6,9-12,15H2,(H,31,32). The highest BCUT2D eigenvalue weighted by molar-refractivity contribution is 5.90. The van der Waals surface area contributed by atoms with Crippen LogP contribution >= 0.6 is 0 Å². The number of nitriles is 1. The first kappa shape index (κ1) is 23.4. The third kappa shape index (κ3) is 5.41. The Morgan fingerprint density at radius 1 is 1.09 bits per heavy atom. The molecule has 5 nitrogen and oxygen atoms in total. The molecule has 1 aliphatic heterocycles. The number of hydrogen-bond acceptors (Lipinski definition) is 4. The van der Waals surface area contributed by atoms with Gasteiger partial charge in [-0.2, -0.15) is 18.4 Å². The van der Waals surface area contributed by atoms with Crippen molar-refractivity contribution >= 4 is 16.7 Å². The average Bonchev–Trinajstić information content (AvgIpc) is 2.79. The van der Waals surface area contributed by atoms with E-state index in [4.69, 9.17) is 9.84 Å². The Bertz CT molecular complexity index is 1050. The van der Waals surface area contributed by atoms with E-state index in [0.717, 1.165) is 29.4 Å². The van der Waals surface area contributed by atoms with Gasteiger partial charge in [0.05, 0.1) is 17.9 Å². The van der Waals surface area contributed by atoms with Crippen molar-refractivity contribution < 1.29 is 27.8 Å². The molecule has 0 radical (unpaired) electrons. The third-order valence-electron chi connectivity index (χ3n) is 6.93. The first-order chi connectivity index (χ1) is 15.7. The number of carbonyl (C=O) groups is 1. The van der Waals surface area contributed by atoms with E-state index in [1.807, 2.05) is 24.3 Å². The predicted molar refractivity (Wildman–Crippen MR) is 117 cm³/mol. The van der Waals surface area contributed by atoms with Crippen molar-refractivity contribution in [2.75, 3.05) is 13.1 Å². The quantitative estimate of drug-likeness (QED) is 0.637. The lowest BCUT2D eigenvalue weighted by Crippen LogP contribution is -2.35. The number of halogens is 3. The van der Waals surface area contributed by atoms with Gasteiger partial charge in [0.15, 0.2) is 0 Å². The van der Waals surface area contributed by atoms with Crippen LogP contribution in [-0.2, 0) is 11.3 Å². The van der Waals surface area contributed by atoms with Crippen LogP contribution in [0.3, 0.4) is 0 Å². The van der Waals surface area contributed by atoms with Gasteiger partial charge in [0.1, 0.15) is 17.4 Å². The van der Waals surface area contributed by atoms with Crippen molar-refractivity contribution in [1.29, 1.82) is 5.26 Å². The molecule has 2 fully saturated rings. The van der Waals surface area contributed by atoms with Crippen LogP contribution in [0.4, 0.5) is 13.2 Å². The average molecular weight is 460 g/mol. The van der Waals surface area contributed by atoms with Gasteiger partial charge in [0.2, 0.25) is 0 Å². The molecule has 0 bridgehead atoms. The van der Waals surface area contributed by atoms with Crippen LogP contribution in [-0.4, -0.2) is 41.3 Å². The zero-order chi connectivity index (χ0) is 23.6. The van der Waals surface area contributed by atoms with E-state index in [1.165, 1.54) is 0 Å². The number of piperidine rings is 1. The summed E-state index contributed by atoms with van der Waals surface area (Å²) in [7, 11) is 0. The summed E-state index contributed by atoms with van der Waals surface area (Å²) < 4.78 is 44.7. The topological polar surface area (TPSA) is 73.6 Å². The fourth-order valence-electron chi connectivity index (χ4n) is 4.95. The van der Waals surface area contributed by atoms with Gasteiger partial charge in [0.25, 0.3) is 0 Å². The summed E-state index contributed by atoms with van der Waals surface area (Å²) in [4.78, 5) is 13.4. The summed E-state index contributed by atoms with van der Waals surface area (Å²) in [5.74, 6) is -1.84. The van der Waals surface area contributed by atoms with Gasteiger partial charge < -0.3 is 9.84 Å². The molecule has 0 aromatic heterocycles. The second-order valence-corrected chi connectivity index (χ2v) is 9.13. The van der Waals surface area contributed by atoms with Crippen LogP contribution in [0.1, 0.15) is 49.7 Å². The number of benzene rings is 2. The van der Waals surface area contributed by atoms with Crippen molar-refractivity contribution in [3.05, 3.63) is 41.5 Å². The smallest absolute Gasteiger partial charge is 0.391 e. The maximum Gasteiger partial charge on any atom is 0.391 e. The van der Waals surface area contributed by atoms with Gasteiger partial charge >= 0.3 is 12.1 Å². The zero-order valence-corrected chi connectivity index (χ0v) is 18.3. The molecule has 0 atom stereocenters. The fourth-order valence-corrected chi connectivity index (χ4v) is 4.95. The minimum atomic E-state index is -4.16. The van der Waals surface area contributed by atoms with Crippen molar-refractivity contribution in [1.82, 2.24) is 4.90 Å². The molecule has 1 heterocycles. The van der Waals surface area contributed by atoms with Crippen molar-refractivity contribution in [3.63, 3.8) is 0 Å². The summed E-state index contributed by atoms with van der Waals surface area (Å²) >= 11 is 0. The van der Waals surface area contributed by atoms with Gasteiger partial charge in [-0.15, -0.1) is 0 Å². The van der Waals surface area contributed by atoms with Crippen LogP contribution in [0.25, 0.3) is 10.8 Å². The molecular formula is C25H27F3N2O3. The number of nitrogens with zero attached hydrogens (tertiary/aromatic N) is 2. The lowest BCUT2D eigenvalue weighted by Gasteiger charge is -2.30. The molecule has 33 heavy (non-hydrogen) atoms. The number of carboxylic acids is 1. The number of ether oxygens (including phenoxy) is 1. The normalized spacial score (nSPS) is 22.7. The summed E-state index contributed by atoms with van der Waals surface area (Å²) in [5, 5.41) is 20.6. The molecule has 0 amide bonds. The first-order valence-electron chi connectivity index (χ1n) is 11.4. The van der Waals surface area contributed by atoms with E-state index in [1.54, 1.807) is 6.07 Å². The molecule has 1 saturated heterocycles.